The van der Waals surface area contributed by atoms with Gasteiger partial charge in [0.25, 0.3) is 15.9 Å². The smallest absolute Gasteiger partial charge is 0.261 e. The number of carbonyl (C=O) groups is 2. The molecular weight excluding hydrogens is 390 g/mol. The lowest BCUT2D eigenvalue weighted by Gasteiger charge is -2.11. The fourth-order valence-electron chi connectivity index (χ4n) is 2.14. The molecule has 0 unspecified atom stereocenters. The minimum atomic E-state index is -3.93. The van der Waals surface area contributed by atoms with E-state index < -0.39 is 15.9 Å². The fourth-order valence-corrected chi connectivity index (χ4v) is 3.51. The Hall–Kier alpha value is -2.58. The first-order valence-corrected chi connectivity index (χ1v) is 10.1. The molecule has 0 aliphatic rings. The van der Waals surface area contributed by atoms with Crippen LogP contribution in [0.2, 0.25) is 5.02 Å². The van der Waals surface area contributed by atoms with Crippen LogP contribution in [0.25, 0.3) is 0 Å². The summed E-state index contributed by atoms with van der Waals surface area (Å²) in [7, 11) is -3.93. The molecule has 0 aromatic heterocycles. The Morgan fingerprint density at radius 2 is 1.78 bits per heavy atom. The predicted molar refractivity (Wildman–Crippen MR) is 104 cm³/mol. The number of anilines is 1. The van der Waals surface area contributed by atoms with Crippen molar-refractivity contribution in [3.8, 4) is 0 Å². The monoisotopic (exact) mass is 409 g/mol. The largest absolute Gasteiger partial charge is 0.355 e. The SMILES string of the molecule is CCCNC(=O)CNC(=O)c1cccc(S(=O)(=O)Nc2ccccc2Cl)c1. The lowest BCUT2D eigenvalue weighted by molar-refractivity contribution is -0.120. The molecule has 0 heterocycles. The third-order valence-electron chi connectivity index (χ3n) is 3.51. The third kappa shape index (κ3) is 5.97. The van der Waals surface area contributed by atoms with Gasteiger partial charge in [-0.2, -0.15) is 0 Å². The summed E-state index contributed by atoms with van der Waals surface area (Å²) in [4.78, 5) is 23.6. The molecule has 144 valence electrons. The standard InChI is InChI=1S/C18H20ClN3O4S/c1-2-10-20-17(23)12-21-18(24)13-6-5-7-14(11-13)27(25,26)22-16-9-4-3-8-15(16)19/h3-9,11,22H,2,10,12H2,1H3,(H,20,23)(H,21,24). The molecule has 3 N–H and O–H groups in total. The van der Waals surface area contributed by atoms with Crippen molar-refractivity contribution in [2.24, 2.45) is 0 Å². The van der Waals surface area contributed by atoms with Gasteiger partial charge in [-0.15, -0.1) is 0 Å². The number of hydrogen-bond donors (Lipinski definition) is 3. The van der Waals surface area contributed by atoms with Gasteiger partial charge in [0.05, 0.1) is 22.2 Å². The van der Waals surface area contributed by atoms with Crippen LogP contribution >= 0.6 is 11.6 Å². The van der Waals surface area contributed by atoms with E-state index in [4.69, 9.17) is 11.6 Å². The number of carbonyl (C=O) groups excluding carboxylic acids is 2. The number of para-hydroxylation sites is 1. The zero-order chi connectivity index (χ0) is 19.9. The molecule has 0 atom stereocenters. The maximum atomic E-state index is 12.5. The normalized spacial score (nSPS) is 10.9. The quantitative estimate of drug-likeness (QED) is 0.622. The first kappa shape index (κ1) is 20.7. The number of amides is 2. The van der Waals surface area contributed by atoms with E-state index in [2.05, 4.69) is 15.4 Å². The lowest BCUT2D eigenvalue weighted by atomic mass is 10.2. The number of nitrogens with one attached hydrogen (secondary N) is 3. The first-order chi connectivity index (χ1) is 12.8. The fraction of sp³-hybridized carbons (Fsp3) is 0.222. The second-order valence-electron chi connectivity index (χ2n) is 5.65. The molecular formula is C18H20ClN3O4S. The predicted octanol–water partition coefficient (Wildman–Crippen LogP) is 2.40. The lowest BCUT2D eigenvalue weighted by Crippen LogP contribution is -2.37. The Balaban J connectivity index is 2.10. The highest BCUT2D eigenvalue weighted by atomic mass is 35.5. The highest BCUT2D eigenvalue weighted by molar-refractivity contribution is 7.92. The summed E-state index contributed by atoms with van der Waals surface area (Å²) in [5.41, 5.74) is 0.363. The Bertz CT molecular complexity index is 932. The van der Waals surface area contributed by atoms with Crippen molar-refractivity contribution in [2.45, 2.75) is 18.2 Å². The van der Waals surface area contributed by atoms with Gasteiger partial charge in [0.15, 0.2) is 0 Å². The van der Waals surface area contributed by atoms with E-state index in [-0.39, 0.29) is 33.6 Å². The zero-order valence-corrected chi connectivity index (χ0v) is 16.2. The second-order valence-corrected chi connectivity index (χ2v) is 7.74. The third-order valence-corrected chi connectivity index (χ3v) is 5.20. The van der Waals surface area contributed by atoms with Gasteiger partial charge < -0.3 is 10.6 Å². The molecule has 27 heavy (non-hydrogen) atoms. The van der Waals surface area contributed by atoms with E-state index in [9.17, 15) is 18.0 Å². The molecule has 2 aromatic carbocycles. The van der Waals surface area contributed by atoms with Crippen LogP contribution in [0.15, 0.2) is 53.4 Å². The average molecular weight is 410 g/mol. The highest BCUT2D eigenvalue weighted by Crippen LogP contribution is 2.24. The molecule has 0 bridgehead atoms. The van der Waals surface area contributed by atoms with Crippen molar-refractivity contribution in [1.82, 2.24) is 10.6 Å². The summed E-state index contributed by atoms with van der Waals surface area (Å²) in [5, 5.41) is 5.35. The van der Waals surface area contributed by atoms with Crippen LogP contribution < -0.4 is 15.4 Å². The molecule has 0 aliphatic heterocycles. The van der Waals surface area contributed by atoms with Gasteiger partial charge >= 0.3 is 0 Å². The number of rotatable bonds is 8. The van der Waals surface area contributed by atoms with Crippen LogP contribution in [0.1, 0.15) is 23.7 Å². The van der Waals surface area contributed by atoms with E-state index >= 15 is 0 Å². The molecule has 0 saturated carbocycles. The van der Waals surface area contributed by atoms with Gasteiger partial charge in [0.2, 0.25) is 5.91 Å². The number of halogens is 1. The summed E-state index contributed by atoms with van der Waals surface area (Å²) in [5.74, 6) is -0.856. The van der Waals surface area contributed by atoms with Crippen LogP contribution in [0.5, 0.6) is 0 Å². The van der Waals surface area contributed by atoms with Gasteiger partial charge in [-0.3, -0.25) is 14.3 Å². The topological polar surface area (TPSA) is 104 Å². The van der Waals surface area contributed by atoms with Gasteiger partial charge in [0, 0.05) is 12.1 Å². The number of hydrogen-bond acceptors (Lipinski definition) is 4. The molecule has 2 amide bonds. The maximum absolute atomic E-state index is 12.5. The zero-order valence-electron chi connectivity index (χ0n) is 14.7. The number of sulfonamides is 1. The van der Waals surface area contributed by atoms with Crippen molar-refractivity contribution < 1.29 is 18.0 Å². The molecule has 2 rings (SSSR count). The molecule has 0 fully saturated rings. The van der Waals surface area contributed by atoms with Crippen molar-refractivity contribution in [3.63, 3.8) is 0 Å². The van der Waals surface area contributed by atoms with Crippen LogP contribution in [-0.4, -0.2) is 33.3 Å². The van der Waals surface area contributed by atoms with Crippen LogP contribution in [0.4, 0.5) is 5.69 Å². The van der Waals surface area contributed by atoms with Crippen LogP contribution in [-0.2, 0) is 14.8 Å². The molecule has 9 heteroatoms. The van der Waals surface area contributed by atoms with Crippen molar-refractivity contribution in [1.29, 1.82) is 0 Å². The van der Waals surface area contributed by atoms with Gasteiger partial charge in [-0.25, -0.2) is 8.42 Å². The van der Waals surface area contributed by atoms with E-state index in [1.807, 2.05) is 6.92 Å². The summed E-state index contributed by atoms with van der Waals surface area (Å²) >= 11 is 5.98. The molecule has 2 aromatic rings. The minimum absolute atomic E-state index is 0.0921. The molecule has 0 saturated heterocycles. The van der Waals surface area contributed by atoms with Crippen molar-refractivity contribution in [3.05, 3.63) is 59.1 Å². The molecule has 0 spiro atoms. The summed E-state index contributed by atoms with van der Waals surface area (Å²) in [6.07, 6.45) is 0.790. The first-order valence-electron chi connectivity index (χ1n) is 8.26. The van der Waals surface area contributed by atoms with Gasteiger partial charge in [0.1, 0.15) is 0 Å². The number of benzene rings is 2. The molecule has 7 nitrogen and oxygen atoms in total. The van der Waals surface area contributed by atoms with E-state index in [1.165, 1.54) is 30.3 Å². The summed E-state index contributed by atoms with van der Waals surface area (Å²) in [6.45, 7) is 2.26. The van der Waals surface area contributed by atoms with Gasteiger partial charge in [-0.1, -0.05) is 36.7 Å². The van der Waals surface area contributed by atoms with Crippen molar-refractivity contribution in [2.75, 3.05) is 17.8 Å². The van der Waals surface area contributed by atoms with Gasteiger partial charge in [-0.05, 0) is 36.8 Å². The highest BCUT2D eigenvalue weighted by Gasteiger charge is 2.18. The summed E-state index contributed by atoms with van der Waals surface area (Å²) < 4.78 is 27.5. The Labute approximate surface area is 163 Å². The van der Waals surface area contributed by atoms with E-state index in [0.717, 1.165) is 6.42 Å². The summed E-state index contributed by atoms with van der Waals surface area (Å²) in [6, 6.07) is 11.9. The van der Waals surface area contributed by atoms with E-state index in [0.29, 0.717) is 6.54 Å². The van der Waals surface area contributed by atoms with E-state index in [1.54, 1.807) is 18.2 Å². The Morgan fingerprint density at radius 1 is 1.04 bits per heavy atom. The Morgan fingerprint density at radius 3 is 2.48 bits per heavy atom. The maximum Gasteiger partial charge on any atom is 0.261 e. The molecule has 0 radical (unpaired) electrons. The second kappa shape index (κ2) is 9.38. The average Bonchev–Trinajstić information content (AvgIpc) is 2.66. The van der Waals surface area contributed by atoms with Crippen LogP contribution in [0, 0.1) is 0 Å². The minimum Gasteiger partial charge on any atom is -0.355 e. The molecule has 0 aliphatic carbocycles. The van der Waals surface area contributed by atoms with Crippen LogP contribution in [0.3, 0.4) is 0 Å². The van der Waals surface area contributed by atoms with Crippen molar-refractivity contribution >= 4 is 39.1 Å². The Kier molecular flexibility index (Phi) is 7.20.